The lowest BCUT2D eigenvalue weighted by Crippen LogP contribution is -2.29. The molecule has 1 aliphatic heterocycles. The minimum absolute atomic E-state index is 0.257. The molecule has 0 N–H and O–H groups in total. The number of aliphatic imine (C=N–C) groups is 1. The Morgan fingerprint density at radius 3 is 2.50 bits per heavy atom. The molecule has 0 fully saturated rings. The van der Waals surface area contributed by atoms with Crippen LogP contribution in [0.3, 0.4) is 0 Å². The Kier molecular flexibility index (Phi) is 9.08. The zero-order valence-electron chi connectivity index (χ0n) is 20.6. The van der Waals surface area contributed by atoms with Gasteiger partial charge in [-0.25, -0.2) is 14.6 Å². The number of hydrogen-bond donors (Lipinski definition) is 0. The Balaban J connectivity index is 1.43. The van der Waals surface area contributed by atoms with Gasteiger partial charge in [0.05, 0.1) is 6.61 Å². The molecular weight excluding hydrogens is 430 g/mol. The molecule has 1 amide bonds. The van der Waals surface area contributed by atoms with Crippen molar-refractivity contribution in [1.82, 2.24) is 9.80 Å². The van der Waals surface area contributed by atoms with E-state index >= 15 is 0 Å². The second-order valence-corrected chi connectivity index (χ2v) is 9.13. The van der Waals surface area contributed by atoms with E-state index in [1.54, 1.807) is 18.1 Å². The minimum Gasteiger partial charge on any atom is -0.449 e. The number of esters is 1. The summed E-state index contributed by atoms with van der Waals surface area (Å²) in [4.78, 5) is 32.3. The van der Waals surface area contributed by atoms with Crippen LogP contribution >= 0.6 is 0 Å². The molecule has 0 aliphatic carbocycles. The van der Waals surface area contributed by atoms with Gasteiger partial charge in [-0.3, -0.25) is 0 Å². The van der Waals surface area contributed by atoms with Crippen molar-refractivity contribution in [3.8, 4) is 0 Å². The second kappa shape index (κ2) is 12.2. The van der Waals surface area contributed by atoms with Crippen molar-refractivity contribution in [1.29, 1.82) is 0 Å². The molecule has 7 nitrogen and oxygen atoms in total. The van der Waals surface area contributed by atoms with Gasteiger partial charge in [0.2, 0.25) is 5.90 Å². The van der Waals surface area contributed by atoms with Crippen molar-refractivity contribution in [2.24, 2.45) is 10.9 Å². The van der Waals surface area contributed by atoms with E-state index in [9.17, 15) is 9.59 Å². The maximum Gasteiger partial charge on any atom is 0.409 e. The molecule has 3 rings (SSSR count). The van der Waals surface area contributed by atoms with Crippen molar-refractivity contribution < 1.29 is 19.1 Å². The topological polar surface area (TPSA) is 71.4 Å². The van der Waals surface area contributed by atoms with E-state index in [0.29, 0.717) is 30.7 Å². The van der Waals surface area contributed by atoms with Crippen LogP contribution in [0.25, 0.3) is 10.8 Å². The summed E-state index contributed by atoms with van der Waals surface area (Å²) in [6.07, 6.45) is 5.47. The highest BCUT2D eigenvalue weighted by molar-refractivity contribution is 6.16. The monoisotopic (exact) mass is 465 g/mol. The smallest absolute Gasteiger partial charge is 0.409 e. The Hall–Kier alpha value is -3.35. The van der Waals surface area contributed by atoms with Gasteiger partial charge in [0.15, 0.2) is 5.70 Å². The molecule has 0 spiro atoms. The molecule has 0 saturated carbocycles. The zero-order chi connectivity index (χ0) is 24.5. The number of cyclic esters (lactones) is 1. The first kappa shape index (κ1) is 25.3. The number of unbranched alkanes of at least 4 members (excludes halogenated alkanes) is 3. The molecule has 0 bridgehead atoms. The largest absolute Gasteiger partial charge is 0.449 e. The van der Waals surface area contributed by atoms with Crippen LogP contribution in [0.2, 0.25) is 0 Å². The molecule has 0 radical (unpaired) electrons. The molecule has 2 aromatic carbocycles. The first-order chi connectivity index (χ1) is 16.3. The summed E-state index contributed by atoms with van der Waals surface area (Å²) in [5.74, 6) is 0.255. The number of carbonyl (C=O) groups is 2. The Labute approximate surface area is 202 Å². The number of carbonyl (C=O) groups excluding carboxylic acids is 2. The van der Waals surface area contributed by atoms with Gasteiger partial charge in [0.25, 0.3) is 0 Å². The fraction of sp³-hybridized carbons (Fsp3) is 0.444. The number of amides is 1. The fourth-order valence-corrected chi connectivity index (χ4v) is 3.70. The SMILES string of the molecule is CC(C)COC(=O)N(C)CCCCCCN(C)C=C1N=C(c2cccc3ccccc23)OC1=O. The fourth-order valence-electron chi connectivity index (χ4n) is 3.70. The van der Waals surface area contributed by atoms with E-state index in [1.807, 2.05) is 68.3 Å². The average molecular weight is 466 g/mol. The molecule has 1 aliphatic rings. The van der Waals surface area contributed by atoms with Gasteiger partial charge in [-0.05, 0) is 35.6 Å². The number of ether oxygens (including phenoxy) is 2. The lowest BCUT2D eigenvalue weighted by Gasteiger charge is -2.18. The average Bonchev–Trinajstić information content (AvgIpc) is 3.18. The zero-order valence-corrected chi connectivity index (χ0v) is 20.6. The highest BCUT2D eigenvalue weighted by atomic mass is 16.6. The van der Waals surface area contributed by atoms with Crippen LogP contribution in [0, 0.1) is 5.92 Å². The lowest BCUT2D eigenvalue weighted by molar-refractivity contribution is -0.130. The summed E-state index contributed by atoms with van der Waals surface area (Å²) in [5.41, 5.74) is 1.13. The van der Waals surface area contributed by atoms with Crippen LogP contribution in [0.1, 0.15) is 45.1 Å². The maximum atomic E-state index is 12.4. The van der Waals surface area contributed by atoms with E-state index in [4.69, 9.17) is 9.47 Å². The van der Waals surface area contributed by atoms with Crippen molar-refractivity contribution in [2.75, 3.05) is 33.8 Å². The molecule has 7 heteroatoms. The predicted molar refractivity (Wildman–Crippen MR) is 135 cm³/mol. The van der Waals surface area contributed by atoms with Crippen molar-refractivity contribution in [2.45, 2.75) is 39.5 Å². The van der Waals surface area contributed by atoms with Gasteiger partial charge in [0, 0.05) is 38.9 Å². The number of fused-ring (bicyclic) bond motifs is 1. The first-order valence-corrected chi connectivity index (χ1v) is 11.9. The second-order valence-electron chi connectivity index (χ2n) is 9.13. The maximum absolute atomic E-state index is 12.4. The van der Waals surface area contributed by atoms with Crippen LogP contribution in [0.4, 0.5) is 4.79 Å². The molecule has 0 aromatic heterocycles. The Bertz CT molecular complexity index is 1060. The predicted octanol–water partition coefficient (Wildman–Crippen LogP) is 5.20. The summed E-state index contributed by atoms with van der Waals surface area (Å²) in [7, 11) is 3.71. The Morgan fingerprint density at radius 2 is 1.74 bits per heavy atom. The summed E-state index contributed by atoms with van der Waals surface area (Å²) in [6, 6.07) is 13.9. The highest BCUT2D eigenvalue weighted by Gasteiger charge is 2.25. The summed E-state index contributed by atoms with van der Waals surface area (Å²) in [5, 5.41) is 2.08. The summed E-state index contributed by atoms with van der Waals surface area (Å²) >= 11 is 0. The number of nitrogens with zero attached hydrogens (tertiary/aromatic N) is 3. The normalized spacial score (nSPS) is 14.4. The van der Waals surface area contributed by atoms with E-state index in [2.05, 4.69) is 4.99 Å². The number of hydrogen-bond acceptors (Lipinski definition) is 6. The van der Waals surface area contributed by atoms with Gasteiger partial charge in [-0.15, -0.1) is 0 Å². The van der Waals surface area contributed by atoms with Crippen LogP contribution in [0.5, 0.6) is 0 Å². The van der Waals surface area contributed by atoms with Gasteiger partial charge in [0.1, 0.15) is 0 Å². The summed E-state index contributed by atoms with van der Waals surface area (Å²) < 4.78 is 10.7. The lowest BCUT2D eigenvalue weighted by atomic mass is 10.0. The van der Waals surface area contributed by atoms with Gasteiger partial charge in [-0.1, -0.05) is 63.1 Å². The van der Waals surface area contributed by atoms with E-state index < -0.39 is 5.97 Å². The van der Waals surface area contributed by atoms with Crippen molar-refractivity contribution >= 4 is 28.7 Å². The third kappa shape index (κ3) is 7.07. The molecule has 0 saturated heterocycles. The number of benzene rings is 2. The standard InChI is InChI=1S/C27H35N3O4/c1-20(2)19-33-27(32)30(4)17-10-6-5-9-16-29(3)18-24-26(31)34-25(28-24)23-15-11-13-21-12-7-8-14-22(21)23/h7-8,11-15,18,20H,5-6,9-10,16-17,19H2,1-4H3. The van der Waals surface area contributed by atoms with Crippen LogP contribution in [-0.4, -0.2) is 61.6 Å². The van der Waals surface area contributed by atoms with Gasteiger partial charge in [-0.2, -0.15) is 0 Å². The molecule has 0 atom stereocenters. The quantitative estimate of drug-likeness (QED) is 0.259. The third-order valence-electron chi connectivity index (χ3n) is 5.59. The number of rotatable bonds is 11. The van der Waals surface area contributed by atoms with E-state index in [-0.39, 0.29) is 6.09 Å². The molecular formula is C27H35N3O4. The molecule has 2 aromatic rings. The van der Waals surface area contributed by atoms with E-state index in [0.717, 1.165) is 48.6 Å². The van der Waals surface area contributed by atoms with Crippen molar-refractivity contribution in [3.05, 3.63) is 59.9 Å². The molecule has 34 heavy (non-hydrogen) atoms. The third-order valence-corrected chi connectivity index (χ3v) is 5.59. The van der Waals surface area contributed by atoms with Crippen molar-refractivity contribution in [3.63, 3.8) is 0 Å². The summed E-state index contributed by atoms with van der Waals surface area (Å²) in [6.45, 7) is 5.99. The minimum atomic E-state index is -0.429. The molecule has 0 unspecified atom stereocenters. The highest BCUT2D eigenvalue weighted by Crippen LogP contribution is 2.24. The Morgan fingerprint density at radius 1 is 1.03 bits per heavy atom. The van der Waals surface area contributed by atoms with Crippen LogP contribution < -0.4 is 0 Å². The van der Waals surface area contributed by atoms with E-state index in [1.165, 1.54) is 0 Å². The van der Waals surface area contributed by atoms with Crippen LogP contribution in [-0.2, 0) is 14.3 Å². The van der Waals surface area contributed by atoms with Crippen LogP contribution in [0.15, 0.2) is 59.4 Å². The first-order valence-electron chi connectivity index (χ1n) is 11.9. The molecule has 1 heterocycles. The van der Waals surface area contributed by atoms with Gasteiger partial charge < -0.3 is 19.3 Å². The van der Waals surface area contributed by atoms with Gasteiger partial charge >= 0.3 is 12.1 Å². The molecule has 182 valence electrons.